The molecule has 1 heterocycles. The first kappa shape index (κ1) is 29.7. The van der Waals surface area contributed by atoms with E-state index < -0.39 is 5.41 Å². The van der Waals surface area contributed by atoms with Gasteiger partial charge in [0.25, 0.3) is 0 Å². The number of fused-ring (bicyclic) bond motifs is 3. The van der Waals surface area contributed by atoms with Crippen LogP contribution in [0, 0.1) is 0 Å². The molecular weight excluding hydrogens is 607 g/mol. The lowest BCUT2D eigenvalue weighted by Gasteiger charge is -2.33. The van der Waals surface area contributed by atoms with Crippen LogP contribution in [0.5, 0.6) is 0 Å². The zero-order valence-corrected chi connectivity index (χ0v) is 27.4. The zero-order valence-electron chi connectivity index (χ0n) is 27.4. The molecular formula is C47H33N3. The monoisotopic (exact) mass is 639 g/mol. The molecule has 9 rings (SSSR count). The summed E-state index contributed by atoms with van der Waals surface area (Å²) < 4.78 is 0. The van der Waals surface area contributed by atoms with Crippen molar-refractivity contribution in [1.82, 2.24) is 0 Å². The summed E-state index contributed by atoms with van der Waals surface area (Å²) in [7, 11) is 0. The van der Waals surface area contributed by atoms with Crippen molar-refractivity contribution >= 4 is 17.4 Å². The van der Waals surface area contributed by atoms with Gasteiger partial charge < -0.3 is 0 Å². The van der Waals surface area contributed by atoms with Crippen LogP contribution < -0.4 is 0 Å². The van der Waals surface area contributed by atoms with Crippen molar-refractivity contribution in [3.8, 4) is 22.3 Å². The Bertz CT molecular complexity index is 2370. The Morgan fingerprint density at radius 3 is 1.52 bits per heavy atom. The van der Waals surface area contributed by atoms with Gasteiger partial charge in [-0.05, 0) is 50.1 Å². The Morgan fingerprint density at radius 2 is 0.860 bits per heavy atom. The standard InChI is InChI=1S/C47H33N3/c1-5-16-33(17-6-1)34-28-30-36(31-29-34)45-48-32-43(35-18-7-2-8-19-35)49-46(50-45)40-25-15-27-42-44(40)39-24-13-14-26-41(39)47(42,37-20-9-3-10-21-37)38-22-11-4-12-23-38/h1-31H,32H2. The highest BCUT2D eigenvalue weighted by Crippen LogP contribution is 2.57. The fourth-order valence-corrected chi connectivity index (χ4v) is 7.66. The lowest BCUT2D eigenvalue weighted by Crippen LogP contribution is -2.28. The van der Waals surface area contributed by atoms with Gasteiger partial charge in [-0.15, -0.1) is 0 Å². The normalized spacial score (nSPS) is 14.4. The quantitative estimate of drug-likeness (QED) is 0.174. The summed E-state index contributed by atoms with van der Waals surface area (Å²) in [4.78, 5) is 15.8. The molecule has 50 heavy (non-hydrogen) atoms. The molecule has 0 atom stereocenters. The Morgan fingerprint density at radius 1 is 0.360 bits per heavy atom. The average Bonchev–Trinajstić information content (AvgIpc) is 3.33. The topological polar surface area (TPSA) is 37.1 Å². The first-order valence-corrected chi connectivity index (χ1v) is 17.1. The van der Waals surface area contributed by atoms with Crippen LogP contribution in [-0.2, 0) is 5.41 Å². The highest BCUT2D eigenvalue weighted by molar-refractivity contribution is 6.22. The molecule has 0 unspecified atom stereocenters. The first-order valence-electron chi connectivity index (χ1n) is 17.1. The highest BCUT2D eigenvalue weighted by atomic mass is 15.0. The van der Waals surface area contributed by atoms with Crippen LogP contribution >= 0.6 is 0 Å². The SMILES string of the molecule is c1ccc(C2=NC(c3cccc4c3-c3ccccc3C4(c3ccccc3)c3ccccc3)=NC(c3ccc(-c4ccccc4)cc3)=NC2)cc1. The zero-order chi connectivity index (χ0) is 33.3. The molecule has 1 aliphatic heterocycles. The number of rotatable bonds is 6. The molecule has 0 fully saturated rings. The van der Waals surface area contributed by atoms with E-state index in [0.717, 1.165) is 33.5 Å². The Kier molecular flexibility index (Phi) is 7.44. The number of hydrogen-bond acceptors (Lipinski definition) is 3. The molecule has 2 aliphatic rings. The molecule has 0 amide bonds. The molecule has 0 N–H and O–H groups in total. The van der Waals surface area contributed by atoms with Crippen LogP contribution in [0.2, 0.25) is 0 Å². The predicted octanol–water partition coefficient (Wildman–Crippen LogP) is 10.4. The van der Waals surface area contributed by atoms with E-state index in [9.17, 15) is 0 Å². The average molecular weight is 640 g/mol. The van der Waals surface area contributed by atoms with Crippen LogP contribution in [0.25, 0.3) is 22.3 Å². The van der Waals surface area contributed by atoms with Crippen LogP contribution in [0.4, 0.5) is 0 Å². The lowest BCUT2D eigenvalue weighted by atomic mass is 9.67. The molecule has 3 nitrogen and oxygen atoms in total. The highest BCUT2D eigenvalue weighted by Gasteiger charge is 2.47. The molecule has 0 spiro atoms. The fraction of sp³-hybridized carbons (Fsp3) is 0.0426. The molecule has 7 aromatic carbocycles. The Balaban J connectivity index is 1.27. The molecule has 0 saturated heterocycles. The van der Waals surface area contributed by atoms with E-state index in [1.54, 1.807) is 0 Å². The maximum absolute atomic E-state index is 5.35. The minimum atomic E-state index is -0.508. The molecule has 236 valence electrons. The van der Waals surface area contributed by atoms with Gasteiger partial charge in [0.15, 0.2) is 11.7 Å². The van der Waals surface area contributed by atoms with Gasteiger partial charge in [0.05, 0.1) is 17.7 Å². The van der Waals surface area contributed by atoms with Gasteiger partial charge >= 0.3 is 0 Å². The number of aliphatic imine (C=N–C) groups is 3. The number of nitrogens with zero attached hydrogens (tertiary/aromatic N) is 3. The van der Waals surface area contributed by atoms with Crippen molar-refractivity contribution in [1.29, 1.82) is 0 Å². The second-order valence-corrected chi connectivity index (χ2v) is 12.7. The molecule has 1 aliphatic carbocycles. The van der Waals surface area contributed by atoms with E-state index in [1.165, 1.54) is 33.4 Å². The smallest absolute Gasteiger partial charge is 0.162 e. The Labute approximate surface area is 292 Å². The van der Waals surface area contributed by atoms with E-state index in [2.05, 4.69) is 176 Å². The summed E-state index contributed by atoms with van der Waals surface area (Å²) in [6, 6.07) is 66.6. The van der Waals surface area contributed by atoms with E-state index >= 15 is 0 Å². The Hall–Kier alpha value is -6.45. The number of benzene rings is 7. The lowest BCUT2D eigenvalue weighted by molar-refractivity contribution is 0.768. The van der Waals surface area contributed by atoms with Crippen LogP contribution in [0.3, 0.4) is 0 Å². The predicted molar refractivity (Wildman–Crippen MR) is 207 cm³/mol. The van der Waals surface area contributed by atoms with Gasteiger partial charge in [-0.1, -0.05) is 188 Å². The van der Waals surface area contributed by atoms with E-state index in [1.807, 2.05) is 12.1 Å². The maximum atomic E-state index is 5.35. The van der Waals surface area contributed by atoms with Gasteiger partial charge in [-0.3, -0.25) is 4.99 Å². The van der Waals surface area contributed by atoms with Crippen molar-refractivity contribution in [3.63, 3.8) is 0 Å². The second-order valence-electron chi connectivity index (χ2n) is 12.7. The fourth-order valence-electron chi connectivity index (χ4n) is 7.66. The first-order chi connectivity index (χ1) is 24.8. The summed E-state index contributed by atoms with van der Waals surface area (Å²) >= 11 is 0. The van der Waals surface area contributed by atoms with Crippen molar-refractivity contribution in [2.45, 2.75) is 5.41 Å². The molecule has 0 saturated carbocycles. The maximum Gasteiger partial charge on any atom is 0.162 e. The third-order valence-electron chi connectivity index (χ3n) is 9.91. The van der Waals surface area contributed by atoms with Crippen molar-refractivity contribution in [3.05, 3.63) is 227 Å². The van der Waals surface area contributed by atoms with Crippen LogP contribution in [0.1, 0.15) is 38.9 Å². The van der Waals surface area contributed by atoms with Crippen LogP contribution in [0.15, 0.2) is 203 Å². The minimum absolute atomic E-state index is 0.427. The second kappa shape index (κ2) is 12.5. The van der Waals surface area contributed by atoms with Crippen molar-refractivity contribution in [2.24, 2.45) is 15.0 Å². The summed E-state index contributed by atoms with van der Waals surface area (Å²) in [5.41, 5.74) is 13.0. The molecule has 0 bridgehead atoms. The van der Waals surface area contributed by atoms with Crippen molar-refractivity contribution in [2.75, 3.05) is 6.54 Å². The third-order valence-corrected chi connectivity index (χ3v) is 9.91. The largest absolute Gasteiger partial charge is 0.260 e. The van der Waals surface area contributed by atoms with Crippen molar-refractivity contribution < 1.29 is 0 Å². The summed E-state index contributed by atoms with van der Waals surface area (Å²) in [5, 5.41) is 0. The van der Waals surface area contributed by atoms with Gasteiger partial charge in [0.1, 0.15) is 0 Å². The summed E-state index contributed by atoms with van der Waals surface area (Å²) in [5.74, 6) is 1.34. The van der Waals surface area contributed by atoms with Crippen LogP contribution in [-0.4, -0.2) is 23.9 Å². The molecule has 3 heteroatoms. The summed E-state index contributed by atoms with van der Waals surface area (Å²) in [6.45, 7) is 0.427. The van der Waals surface area contributed by atoms with Gasteiger partial charge in [-0.2, -0.15) is 0 Å². The van der Waals surface area contributed by atoms with E-state index in [0.29, 0.717) is 18.2 Å². The molecule has 0 aromatic heterocycles. The minimum Gasteiger partial charge on any atom is -0.260 e. The third kappa shape index (κ3) is 4.94. The van der Waals surface area contributed by atoms with E-state index in [-0.39, 0.29) is 0 Å². The van der Waals surface area contributed by atoms with Gasteiger partial charge in [-0.25, -0.2) is 9.98 Å². The van der Waals surface area contributed by atoms with Gasteiger partial charge in [0, 0.05) is 11.1 Å². The molecule has 7 aromatic rings. The molecule has 0 radical (unpaired) electrons. The summed E-state index contributed by atoms with van der Waals surface area (Å²) in [6.07, 6.45) is 0. The van der Waals surface area contributed by atoms with E-state index in [4.69, 9.17) is 15.0 Å². The number of hydrogen-bond donors (Lipinski definition) is 0. The van der Waals surface area contributed by atoms with Gasteiger partial charge in [0.2, 0.25) is 0 Å². The number of amidine groups is 2.